The van der Waals surface area contributed by atoms with Crippen LogP contribution in [0.3, 0.4) is 0 Å². The van der Waals surface area contributed by atoms with Crippen LogP contribution in [-0.2, 0) is 10.0 Å². The van der Waals surface area contributed by atoms with Gasteiger partial charge >= 0.3 is 0 Å². The summed E-state index contributed by atoms with van der Waals surface area (Å²) in [6, 6.07) is 15.8. The van der Waals surface area contributed by atoms with Crippen LogP contribution in [0.25, 0.3) is 0 Å². The van der Waals surface area contributed by atoms with E-state index >= 15 is 0 Å². The zero-order chi connectivity index (χ0) is 19.4. The van der Waals surface area contributed by atoms with Crippen molar-refractivity contribution in [1.29, 1.82) is 0 Å². The molecule has 0 unspecified atom stereocenters. The molecule has 0 bridgehead atoms. The van der Waals surface area contributed by atoms with Crippen LogP contribution in [0.5, 0.6) is 11.5 Å². The number of thiazole rings is 1. The van der Waals surface area contributed by atoms with Gasteiger partial charge in [0, 0.05) is 30.7 Å². The molecule has 0 aliphatic carbocycles. The number of hydrogen-bond donors (Lipinski definition) is 1. The van der Waals surface area contributed by atoms with E-state index in [4.69, 9.17) is 4.74 Å². The number of aromatic nitrogens is 1. The fourth-order valence-corrected chi connectivity index (χ4v) is 5.16. The molecule has 1 aromatic heterocycles. The number of ether oxygens (including phenoxy) is 1. The van der Waals surface area contributed by atoms with Crippen molar-refractivity contribution >= 4 is 26.5 Å². The Hall–Kier alpha value is -2.42. The third-order valence-electron chi connectivity index (χ3n) is 4.62. The van der Waals surface area contributed by atoms with Gasteiger partial charge in [-0.3, -0.25) is 0 Å². The summed E-state index contributed by atoms with van der Waals surface area (Å²) in [6.45, 7) is 1.59. The lowest BCUT2D eigenvalue weighted by atomic mass is 10.1. The Morgan fingerprint density at radius 2 is 1.68 bits per heavy atom. The van der Waals surface area contributed by atoms with Crippen molar-refractivity contribution in [2.45, 2.75) is 23.8 Å². The van der Waals surface area contributed by atoms with Crippen molar-refractivity contribution in [3.05, 3.63) is 66.2 Å². The van der Waals surface area contributed by atoms with Gasteiger partial charge in [-0.1, -0.05) is 18.2 Å². The molecule has 1 fully saturated rings. The molecule has 1 aliphatic heterocycles. The van der Waals surface area contributed by atoms with E-state index in [0.717, 1.165) is 31.1 Å². The van der Waals surface area contributed by atoms with Crippen molar-refractivity contribution in [3.63, 3.8) is 0 Å². The normalized spacial score (nSPS) is 15.5. The van der Waals surface area contributed by atoms with Crippen LogP contribution in [0.4, 0.5) is 5.13 Å². The molecule has 2 aromatic carbocycles. The Morgan fingerprint density at radius 1 is 1.00 bits per heavy atom. The second-order valence-corrected chi connectivity index (χ2v) is 9.17. The molecule has 2 heterocycles. The molecule has 0 saturated carbocycles. The number of para-hydroxylation sites is 1. The standard InChI is InChI=1S/C20H21N3O3S2/c24-28(25,22-16-10-13-23(14-11-16)20-21-12-15-27-20)19-8-6-18(7-9-19)26-17-4-2-1-3-5-17/h1-9,12,15-16,22H,10-11,13-14H2. The van der Waals surface area contributed by atoms with Crippen molar-refractivity contribution in [2.75, 3.05) is 18.0 Å². The number of rotatable bonds is 6. The average Bonchev–Trinajstić information content (AvgIpc) is 3.24. The number of benzene rings is 2. The van der Waals surface area contributed by atoms with Gasteiger partial charge in [0.15, 0.2) is 5.13 Å². The first-order chi connectivity index (χ1) is 13.6. The summed E-state index contributed by atoms with van der Waals surface area (Å²) in [7, 11) is -3.56. The topological polar surface area (TPSA) is 71.5 Å². The van der Waals surface area contributed by atoms with E-state index in [1.54, 1.807) is 41.8 Å². The predicted molar refractivity (Wildman–Crippen MR) is 111 cm³/mol. The molecular weight excluding hydrogens is 394 g/mol. The van der Waals surface area contributed by atoms with Gasteiger partial charge in [0.25, 0.3) is 0 Å². The maximum atomic E-state index is 12.7. The van der Waals surface area contributed by atoms with Gasteiger partial charge in [0.2, 0.25) is 10.0 Å². The Kier molecular flexibility index (Phi) is 5.61. The lowest BCUT2D eigenvalue weighted by molar-refractivity contribution is 0.459. The first-order valence-corrected chi connectivity index (χ1v) is 11.5. The summed E-state index contributed by atoms with van der Waals surface area (Å²) >= 11 is 1.61. The second-order valence-electron chi connectivity index (χ2n) is 6.58. The monoisotopic (exact) mass is 415 g/mol. The highest BCUT2D eigenvalue weighted by molar-refractivity contribution is 7.89. The number of anilines is 1. The summed E-state index contributed by atoms with van der Waals surface area (Å²) in [4.78, 5) is 6.76. The van der Waals surface area contributed by atoms with E-state index in [1.165, 1.54) is 0 Å². The fraction of sp³-hybridized carbons (Fsp3) is 0.250. The number of nitrogens with zero attached hydrogens (tertiary/aromatic N) is 2. The smallest absolute Gasteiger partial charge is 0.240 e. The van der Waals surface area contributed by atoms with Crippen LogP contribution in [0, 0.1) is 0 Å². The summed E-state index contributed by atoms with van der Waals surface area (Å²) in [5, 5.41) is 2.95. The van der Waals surface area contributed by atoms with E-state index < -0.39 is 10.0 Å². The highest BCUT2D eigenvalue weighted by atomic mass is 32.2. The summed E-state index contributed by atoms with van der Waals surface area (Å²) in [5.41, 5.74) is 0. The Bertz CT molecular complexity index is 983. The van der Waals surface area contributed by atoms with E-state index in [2.05, 4.69) is 14.6 Å². The summed E-state index contributed by atoms with van der Waals surface area (Å²) < 4.78 is 34.0. The maximum Gasteiger partial charge on any atom is 0.240 e. The van der Waals surface area contributed by atoms with Gasteiger partial charge in [-0.2, -0.15) is 0 Å². The number of piperidine rings is 1. The zero-order valence-corrected chi connectivity index (χ0v) is 16.8. The molecule has 1 N–H and O–H groups in total. The zero-order valence-electron chi connectivity index (χ0n) is 15.2. The van der Waals surface area contributed by atoms with Gasteiger partial charge < -0.3 is 9.64 Å². The minimum Gasteiger partial charge on any atom is -0.457 e. The molecule has 0 atom stereocenters. The molecular formula is C20H21N3O3S2. The first kappa shape index (κ1) is 18.9. The number of sulfonamides is 1. The predicted octanol–water partition coefficient (Wildman–Crippen LogP) is 3.88. The summed E-state index contributed by atoms with van der Waals surface area (Å²) in [5.74, 6) is 1.31. The van der Waals surface area contributed by atoms with Crippen molar-refractivity contribution in [3.8, 4) is 11.5 Å². The molecule has 0 radical (unpaired) electrons. The lowest BCUT2D eigenvalue weighted by Crippen LogP contribution is -2.44. The Labute approximate surface area is 168 Å². The maximum absolute atomic E-state index is 12.7. The first-order valence-electron chi connectivity index (χ1n) is 9.10. The fourth-order valence-electron chi connectivity index (χ4n) is 3.16. The van der Waals surface area contributed by atoms with Crippen molar-refractivity contribution < 1.29 is 13.2 Å². The molecule has 0 amide bonds. The van der Waals surface area contributed by atoms with Crippen LogP contribution in [0.2, 0.25) is 0 Å². The van der Waals surface area contributed by atoms with Crippen LogP contribution in [0.15, 0.2) is 71.1 Å². The molecule has 146 valence electrons. The van der Waals surface area contributed by atoms with Crippen molar-refractivity contribution in [1.82, 2.24) is 9.71 Å². The number of nitrogens with one attached hydrogen (secondary N) is 1. The quantitative estimate of drug-likeness (QED) is 0.661. The lowest BCUT2D eigenvalue weighted by Gasteiger charge is -2.31. The van der Waals surface area contributed by atoms with Gasteiger partial charge in [-0.15, -0.1) is 11.3 Å². The van der Waals surface area contributed by atoms with Crippen LogP contribution in [0.1, 0.15) is 12.8 Å². The van der Waals surface area contributed by atoms with Crippen molar-refractivity contribution in [2.24, 2.45) is 0 Å². The third kappa shape index (κ3) is 4.52. The van der Waals surface area contributed by atoms with Gasteiger partial charge in [-0.25, -0.2) is 18.1 Å². The third-order valence-corrected chi connectivity index (χ3v) is 6.99. The SMILES string of the molecule is O=S(=O)(NC1CCN(c2nccs2)CC1)c1ccc(Oc2ccccc2)cc1. The molecule has 6 nitrogen and oxygen atoms in total. The average molecular weight is 416 g/mol. The van der Waals surface area contributed by atoms with Crippen LogP contribution in [-0.4, -0.2) is 32.5 Å². The summed E-state index contributed by atoms with van der Waals surface area (Å²) in [6.07, 6.45) is 3.31. The van der Waals surface area contributed by atoms with E-state index in [9.17, 15) is 8.42 Å². The molecule has 4 rings (SSSR count). The van der Waals surface area contributed by atoms with Gasteiger partial charge in [0.05, 0.1) is 4.90 Å². The molecule has 1 saturated heterocycles. The highest BCUT2D eigenvalue weighted by Crippen LogP contribution is 2.25. The van der Waals surface area contributed by atoms with E-state index in [1.807, 2.05) is 35.7 Å². The second kappa shape index (κ2) is 8.30. The number of hydrogen-bond acceptors (Lipinski definition) is 6. The minimum absolute atomic E-state index is 0.0681. The minimum atomic E-state index is -3.56. The molecule has 3 aromatic rings. The molecule has 0 spiro atoms. The Balaban J connectivity index is 1.36. The molecule has 1 aliphatic rings. The van der Waals surface area contributed by atoms with Crippen LogP contribution < -0.4 is 14.4 Å². The largest absolute Gasteiger partial charge is 0.457 e. The van der Waals surface area contributed by atoms with E-state index in [-0.39, 0.29) is 10.9 Å². The van der Waals surface area contributed by atoms with E-state index in [0.29, 0.717) is 11.5 Å². The molecule has 8 heteroatoms. The molecule has 28 heavy (non-hydrogen) atoms. The van der Waals surface area contributed by atoms with Crippen LogP contribution >= 0.6 is 11.3 Å². The van der Waals surface area contributed by atoms with Gasteiger partial charge in [-0.05, 0) is 49.2 Å². The highest BCUT2D eigenvalue weighted by Gasteiger charge is 2.25. The Morgan fingerprint density at radius 3 is 2.32 bits per heavy atom. The van der Waals surface area contributed by atoms with Gasteiger partial charge in [0.1, 0.15) is 11.5 Å².